The lowest BCUT2D eigenvalue weighted by atomic mass is 10.2. The summed E-state index contributed by atoms with van der Waals surface area (Å²) in [5.41, 5.74) is 1.17. The molecule has 0 spiro atoms. The average molecular weight is 248 g/mol. The van der Waals surface area contributed by atoms with Gasteiger partial charge >= 0.3 is 0 Å². The molecule has 1 N–H and O–H groups in total. The first kappa shape index (κ1) is 13.3. The molecule has 1 aromatic heterocycles. The van der Waals surface area contributed by atoms with Gasteiger partial charge in [-0.15, -0.1) is 0 Å². The predicted molar refractivity (Wildman–Crippen MR) is 74.7 cm³/mol. The van der Waals surface area contributed by atoms with Gasteiger partial charge in [0.15, 0.2) is 0 Å². The summed E-state index contributed by atoms with van der Waals surface area (Å²) in [4.78, 5) is 11.4. The molecule has 0 aliphatic carbocycles. The van der Waals surface area contributed by atoms with Crippen molar-refractivity contribution in [3.8, 4) is 0 Å². The third-order valence-electron chi connectivity index (χ3n) is 3.55. The fourth-order valence-corrected chi connectivity index (χ4v) is 2.52. The summed E-state index contributed by atoms with van der Waals surface area (Å²) in [7, 11) is 0. The summed E-state index contributed by atoms with van der Waals surface area (Å²) in [6, 6.07) is 0.633. The molecule has 4 heteroatoms. The van der Waals surface area contributed by atoms with Gasteiger partial charge in [-0.3, -0.25) is 0 Å². The van der Waals surface area contributed by atoms with Crippen molar-refractivity contribution in [2.45, 2.75) is 52.1 Å². The Kier molecular flexibility index (Phi) is 4.93. The minimum absolute atomic E-state index is 0.633. The van der Waals surface area contributed by atoms with Gasteiger partial charge in [-0.05, 0) is 32.2 Å². The molecule has 1 saturated heterocycles. The van der Waals surface area contributed by atoms with Crippen molar-refractivity contribution >= 4 is 5.95 Å². The fraction of sp³-hybridized carbons (Fsp3) is 0.714. The van der Waals surface area contributed by atoms with E-state index in [-0.39, 0.29) is 0 Å². The van der Waals surface area contributed by atoms with Crippen LogP contribution in [0.2, 0.25) is 0 Å². The predicted octanol–water partition coefficient (Wildman–Crippen LogP) is 2.36. The van der Waals surface area contributed by atoms with E-state index >= 15 is 0 Å². The Morgan fingerprint density at radius 1 is 1.33 bits per heavy atom. The first-order chi connectivity index (χ1) is 8.85. The largest absolute Gasteiger partial charge is 0.338 e. The molecular formula is C14H24N4. The lowest BCUT2D eigenvalue weighted by Gasteiger charge is -2.23. The third kappa shape index (κ3) is 3.19. The summed E-state index contributed by atoms with van der Waals surface area (Å²) in [5.74, 6) is 0.901. The zero-order valence-corrected chi connectivity index (χ0v) is 11.5. The average Bonchev–Trinajstić information content (AvgIpc) is 2.88. The standard InChI is InChI=1S/C14H24N4/c1-3-7-15-9-12-10-16-14(17-11-12)18-8-5-6-13(18)4-2/h10-11,13,15H,3-9H2,1-2H3. The van der Waals surface area contributed by atoms with Crippen LogP contribution in [-0.4, -0.2) is 29.1 Å². The van der Waals surface area contributed by atoms with Gasteiger partial charge in [0.25, 0.3) is 0 Å². The van der Waals surface area contributed by atoms with Crippen molar-refractivity contribution < 1.29 is 0 Å². The van der Waals surface area contributed by atoms with E-state index in [0.29, 0.717) is 6.04 Å². The number of anilines is 1. The van der Waals surface area contributed by atoms with Crippen LogP contribution in [0.1, 0.15) is 45.1 Å². The monoisotopic (exact) mass is 248 g/mol. The second kappa shape index (κ2) is 6.69. The molecule has 1 unspecified atom stereocenters. The van der Waals surface area contributed by atoms with Crippen LogP contribution in [0.5, 0.6) is 0 Å². The molecule has 0 radical (unpaired) electrons. The van der Waals surface area contributed by atoms with Crippen LogP contribution in [0.25, 0.3) is 0 Å². The molecule has 18 heavy (non-hydrogen) atoms. The second-order valence-corrected chi connectivity index (χ2v) is 4.97. The molecule has 100 valence electrons. The van der Waals surface area contributed by atoms with Gasteiger partial charge in [-0.25, -0.2) is 9.97 Å². The van der Waals surface area contributed by atoms with Gasteiger partial charge in [0, 0.05) is 37.1 Å². The molecule has 1 aromatic rings. The van der Waals surface area contributed by atoms with Crippen LogP contribution in [0, 0.1) is 0 Å². The van der Waals surface area contributed by atoms with Gasteiger partial charge in [0.2, 0.25) is 5.95 Å². The zero-order valence-electron chi connectivity index (χ0n) is 11.5. The Bertz CT molecular complexity index is 349. The molecule has 0 aromatic carbocycles. The van der Waals surface area contributed by atoms with Crippen molar-refractivity contribution in [2.24, 2.45) is 0 Å². The van der Waals surface area contributed by atoms with Crippen molar-refractivity contribution in [3.63, 3.8) is 0 Å². The van der Waals surface area contributed by atoms with Crippen molar-refractivity contribution in [2.75, 3.05) is 18.0 Å². The first-order valence-electron chi connectivity index (χ1n) is 7.13. The molecule has 1 atom stereocenters. The van der Waals surface area contributed by atoms with E-state index in [4.69, 9.17) is 0 Å². The number of nitrogens with one attached hydrogen (secondary N) is 1. The Labute approximate surface area is 110 Å². The SMILES string of the molecule is CCCNCc1cnc(N2CCCC2CC)nc1. The third-order valence-corrected chi connectivity index (χ3v) is 3.55. The molecule has 0 saturated carbocycles. The number of rotatable bonds is 6. The van der Waals surface area contributed by atoms with Crippen molar-refractivity contribution in [3.05, 3.63) is 18.0 Å². The lowest BCUT2D eigenvalue weighted by molar-refractivity contribution is 0.632. The van der Waals surface area contributed by atoms with Crippen LogP contribution >= 0.6 is 0 Å². The van der Waals surface area contributed by atoms with Crippen molar-refractivity contribution in [1.82, 2.24) is 15.3 Å². The van der Waals surface area contributed by atoms with Gasteiger partial charge in [-0.2, -0.15) is 0 Å². The number of hydrogen-bond donors (Lipinski definition) is 1. The highest BCUT2D eigenvalue weighted by Crippen LogP contribution is 2.23. The quantitative estimate of drug-likeness (QED) is 0.785. The summed E-state index contributed by atoms with van der Waals surface area (Å²) >= 11 is 0. The Morgan fingerprint density at radius 3 is 2.78 bits per heavy atom. The minimum Gasteiger partial charge on any atom is -0.338 e. The molecular weight excluding hydrogens is 224 g/mol. The normalized spacial score (nSPS) is 19.4. The van der Waals surface area contributed by atoms with Crippen LogP contribution < -0.4 is 10.2 Å². The molecule has 2 heterocycles. The van der Waals surface area contributed by atoms with Crippen LogP contribution in [0.3, 0.4) is 0 Å². The maximum absolute atomic E-state index is 4.51. The van der Waals surface area contributed by atoms with Gasteiger partial charge in [0.1, 0.15) is 0 Å². The van der Waals surface area contributed by atoms with E-state index in [9.17, 15) is 0 Å². The maximum Gasteiger partial charge on any atom is 0.225 e. The van der Waals surface area contributed by atoms with E-state index in [2.05, 4.69) is 34.0 Å². The highest BCUT2D eigenvalue weighted by molar-refractivity contribution is 5.33. The number of hydrogen-bond acceptors (Lipinski definition) is 4. The van der Waals surface area contributed by atoms with Gasteiger partial charge in [0.05, 0.1) is 0 Å². The topological polar surface area (TPSA) is 41.1 Å². The van der Waals surface area contributed by atoms with E-state index in [1.165, 1.54) is 24.8 Å². The van der Waals surface area contributed by atoms with Crippen LogP contribution in [0.15, 0.2) is 12.4 Å². The Hall–Kier alpha value is -1.16. The van der Waals surface area contributed by atoms with E-state index < -0.39 is 0 Å². The summed E-state index contributed by atoms with van der Waals surface area (Å²) in [5, 5.41) is 3.37. The number of aromatic nitrogens is 2. The molecule has 2 rings (SSSR count). The molecule has 0 bridgehead atoms. The summed E-state index contributed by atoms with van der Waals surface area (Å²) < 4.78 is 0. The van der Waals surface area contributed by atoms with Crippen molar-refractivity contribution in [1.29, 1.82) is 0 Å². The van der Waals surface area contributed by atoms with Crippen LogP contribution in [-0.2, 0) is 6.54 Å². The molecule has 0 amide bonds. The number of nitrogens with zero attached hydrogens (tertiary/aromatic N) is 3. The van der Waals surface area contributed by atoms with Crippen LogP contribution in [0.4, 0.5) is 5.95 Å². The van der Waals surface area contributed by atoms with Gasteiger partial charge < -0.3 is 10.2 Å². The summed E-state index contributed by atoms with van der Waals surface area (Å²) in [6.07, 6.45) is 8.79. The highest BCUT2D eigenvalue weighted by atomic mass is 15.3. The molecule has 1 aliphatic heterocycles. The fourth-order valence-electron chi connectivity index (χ4n) is 2.52. The van der Waals surface area contributed by atoms with E-state index in [0.717, 1.165) is 32.0 Å². The lowest BCUT2D eigenvalue weighted by Crippen LogP contribution is -2.30. The minimum atomic E-state index is 0.633. The van der Waals surface area contributed by atoms with E-state index in [1.807, 2.05) is 12.4 Å². The molecule has 1 fully saturated rings. The second-order valence-electron chi connectivity index (χ2n) is 4.97. The zero-order chi connectivity index (χ0) is 12.8. The van der Waals surface area contributed by atoms with E-state index in [1.54, 1.807) is 0 Å². The van der Waals surface area contributed by atoms with Gasteiger partial charge in [-0.1, -0.05) is 13.8 Å². The molecule has 4 nitrogen and oxygen atoms in total. The molecule has 1 aliphatic rings. The Morgan fingerprint density at radius 2 is 2.11 bits per heavy atom. The maximum atomic E-state index is 4.51. The Balaban J connectivity index is 1.94. The smallest absolute Gasteiger partial charge is 0.225 e. The summed E-state index contributed by atoms with van der Waals surface area (Å²) in [6.45, 7) is 7.43. The first-order valence-corrected chi connectivity index (χ1v) is 7.13. The highest BCUT2D eigenvalue weighted by Gasteiger charge is 2.24.